The molecule has 1 nitrogen and oxygen atoms in total. The van der Waals surface area contributed by atoms with Crippen molar-refractivity contribution in [3.63, 3.8) is 0 Å². The lowest BCUT2D eigenvalue weighted by molar-refractivity contribution is 0.634. The molecule has 0 N–H and O–H groups in total. The highest BCUT2D eigenvalue weighted by Crippen LogP contribution is 2.20. The first-order chi connectivity index (χ1) is 5.36. The van der Waals surface area contributed by atoms with Crippen LogP contribution < -0.4 is 0 Å². The van der Waals surface area contributed by atoms with E-state index in [-0.39, 0.29) is 0 Å². The van der Waals surface area contributed by atoms with Crippen molar-refractivity contribution in [1.29, 1.82) is 0 Å². The fraction of sp³-hybridized carbons (Fsp3) is 0.111. The molecule has 1 aromatic rings. The van der Waals surface area contributed by atoms with Crippen LogP contribution in [0.15, 0.2) is 30.5 Å². The molecule has 0 bridgehead atoms. The Kier molecular flexibility index (Phi) is 1.70. The van der Waals surface area contributed by atoms with Crippen LogP contribution in [-0.4, -0.2) is 3.93 Å². The summed E-state index contributed by atoms with van der Waals surface area (Å²) in [4.78, 5) is 0. The predicted molar refractivity (Wildman–Crippen MR) is 49.9 cm³/mol. The summed E-state index contributed by atoms with van der Waals surface area (Å²) in [5.74, 6) is 0. The predicted octanol–water partition coefficient (Wildman–Crippen LogP) is 2.78. The normalized spacial score (nSPS) is 14.8. The molecule has 11 heavy (non-hydrogen) atoms. The summed E-state index contributed by atoms with van der Waals surface area (Å²) in [6, 6.07) is 8.41. The first-order valence-corrected chi connectivity index (χ1v) is 4.26. The lowest BCUT2D eigenvalue weighted by Crippen LogP contribution is -2.07. The molecule has 1 heterocycles. The number of nitrogens with zero attached hydrogens (tertiary/aromatic N) is 1. The van der Waals surface area contributed by atoms with E-state index >= 15 is 0 Å². The molecule has 0 aromatic heterocycles. The maximum atomic E-state index is 3.40. The first kappa shape index (κ1) is 6.92. The molecule has 0 aliphatic carbocycles. The third-order valence-corrected chi connectivity index (χ3v) is 2.28. The van der Waals surface area contributed by atoms with E-state index in [1.807, 2.05) is 10.1 Å². The molecule has 0 spiro atoms. The minimum absolute atomic E-state index is 0.951. The van der Waals surface area contributed by atoms with Crippen molar-refractivity contribution in [2.75, 3.05) is 0 Å². The van der Waals surface area contributed by atoms with E-state index in [4.69, 9.17) is 0 Å². The van der Waals surface area contributed by atoms with Crippen molar-refractivity contribution in [2.24, 2.45) is 0 Å². The van der Waals surface area contributed by atoms with Crippen LogP contribution in [0, 0.1) is 0 Å². The van der Waals surface area contributed by atoms with Gasteiger partial charge in [-0.05, 0) is 17.2 Å². The van der Waals surface area contributed by atoms with Crippen LogP contribution in [-0.2, 0) is 6.54 Å². The van der Waals surface area contributed by atoms with Gasteiger partial charge in [0, 0.05) is 22.3 Å². The second-order valence-electron chi connectivity index (χ2n) is 2.57. The highest BCUT2D eigenvalue weighted by Gasteiger charge is 2.05. The smallest absolute Gasteiger partial charge is 0.0546 e. The quantitative estimate of drug-likeness (QED) is 0.595. The lowest BCUT2D eigenvalue weighted by Gasteiger charge is -2.17. The largest absolute Gasteiger partial charge is 0.311 e. The van der Waals surface area contributed by atoms with Crippen LogP contribution in [0.25, 0.3) is 6.08 Å². The van der Waals surface area contributed by atoms with Gasteiger partial charge in [0.05, 0.1) is 6.54 Å². The molecule has 0 radical (unpaired) electrons. The van der Waals surface area contributed by atoms with Crippen molar-refractivity contribution in [2.45, 2.75) is 6.54 Å². The molecular weight excluding hydrogens is 202 g/mol. The van der Waals surface area contributed by atoms with Crippen molar-refractivity contribution in [3.05, 3.63) is 41.6 Å². The minimum atomic E-state index is 0.951. The van der Waals surface area contributed by atoms with Gasteiger partial charge < -0.3 is 3.93 Å². The summed E-state index contributed by atoms with van der Waals surface area (Å²) in [6.07, 6.45) is 4.13. The topological polar surface area (TPSA) is 3.24 Å². The van der Waals surface area contributed by atoms with Crippen molar-refractivity contribution in [1.82, 2.24) is 3.93 Å². The van der Waals surface area contributed by atoms with Gasteiger partial charge in [-0.1, -0.05) is 24.3 Å². The Hall–Kier alpha value is -0.760. The second kappa shape index (κ2) is 2.70. The Morgan fingerprint density at radius 2 is 2.09 bits per heavy atom. The summed E-state index contributed by atoms with van der Waals surface area (Å²) in [5.41, 5.74) is 2.69. The number of hydrogen-bond acceptors (Lipinski definition) is 1. The van der Waals surface area contributed by atoms with Crippen molar-refractivity contribution in [3.8, 4) is 0 Å². The minimum Gasteiger partial charge on any atom is -0.311 e. The van der Waals surface area contributed by atoms with Gasteiger partial charge in [-0.3, -0.25) is 0 Å². The fourth-order valence-electron chi connectivity index (χ4n) is 1.22. The van der Waals surface area contributed by atoms with E-state index in [0.717, 1.165) is 6.54 Å². The molecule has 0 saturated heterocycles. The molecule has 0 unspecified atom stereocenters. The Morgan fingerprint density at radius 3 is 3.00 bits per heavy atom. The molecule has 0 fully saturated rings. The second-order valence-corrected chi connectivity index (χ2v) is 3.48. The maximum absolute atomic E-state index is 3.40. The average molecular weight is 210 g/mol. The zero-order valence-corrected chi connectivity index (χ0v) is 7.58. The molecular formula is C9H8BrN. The average Bonchev–Trinajstić information content (AvgIpc) is 2.04. The van der Waals surface area contributed by atoms with Crippen LogP contribution >= 0.6 is 16.1 Å². The summed E-state index contributed by atoms with van der Waals surface area (Å²) in [6.45, 7) is 0.951. The van der Waals surface area contributed by atoms with Gasteiger partial charge in [-0.2, -0.15) is 0 Å². The van der Waals surface area contributed by atoms with E-state index in [9.17, 15) is 0 Å². The van der Waals surface area contributed by atoms with E-state index in [1.54, 1.807) is 0 Å². The van der Waals surface area contributed by atoms with Crippen LogP contribution in [0.2, 0.25) is 0 Å². The number of benzene rings is 1. The summed E-state index contributed by atoms with van der Waals surface area (Å²) in [5, 5.41) is 0. The first-order valence-electron chi connectivity index (χ1n) is 3.55. The van der Waals surface area contributed by atoms with Crippen molar-refractivity contribution >= 4 is 22.2 Å². The molecule has 2 heteroatoms. The summed E-state index contributed by atoms with van der Waals surface area (Å²) in [7, 11) is 0. The third kappa shape index (κ3) is 1.31. The van der Waals surface area contributed by atoms with Gasteiger partial charge in [-0.15, -0.1) is 0 Å². The van der Waals surface area contributed by atoms with Crippen molar-refractivity contribution < 1.29 is 0 Å². The molecule has 0 atom stereocenters. The van der Waals surface area contributed by atoms with E-state index in [0.29, 0.717) is 0 Å². The maximum Gasteiger partial charge on any atom is 0.0546 e. The number of fused-ring (bicyclic) bond motifs is 1. The monoisotopic (exact) mass is 209 g/mol. The van der Waals surface area contributed by atoms with Gasteiger partial charge in [0.15, 0.2) is 0 Å². The zero-order valence-electron chi connectivity index (χ0n) is 6.00. The van der Waals surface area contributed by atoms with E-state index < -0.39 is 0 Å². The van der Waals surface area contributed by atoms with Crippen LogP contribution in [0.4, 0.5) is 0 Å². The molecule has 1 aliphatic rings. The van der Waals surface area contributed by atoms with Gasteiger partial charge >= 0.3 is 0 Å². The molecule has 1 aliphatic heterocycles. The molecule has 0 saturated carbocycles. The third-order valence-electron chi connectivity index (χ3n) is 1.79. The zero-order chi connectivity index (χ0) is 7.68. The molecule has 56 valence electrons. The Morgan fingerprint density at radius 1 is 1.27 bits per heavy atom. The Bertz CT molecular complexity index is 293. The Labute approximate surface area is 74.7 Å². The highest BCUT2D eigenvalue weighted by molar-refractivity contribution is 9.07. The van der Waals surface area contributed by atoms with Gasteiger partial charge in [0.1, 0.15) is 0 Å². The van der Waals surface area contributed by atoms with Gasteiger partial charge in [0.25, 0.3) is 0 Å². The van der Waals surface area contributed by atoms with Crippen LogP contribution in [0.1, 0.15) is 11.1 Å². The molecule has 2 rings (SSSR count). The number of rotatable bonds is 0. The van der Waals surface area contributed by atoms with Gasteiger partial charge in [-0.25, -0.2) is 0 Å². The number of hydrogen-bond donors (Lipinski definition) is 0. The SMILES string of the molecule is BrN1C=Cc2ccccc2C1. The van der Waals surface area contributed by atoms with E-state index in [2.05, 4.69) is 46.5 Å². The Balaban J connectivity index is 2.46. The van der Waals surface area contributed by atoms with Gasteiger partial charge in [0.2, 0.25) is 0 Å². The number of halogens is 1. The highest BCUT2D eigenvalue weighted by atomic mass is 79.9. The van der Waals surface area contributed by atoms with E-state index in [1.165, 1.54) is 11.1 Å². The lowest BCUT2D eigenvalue weighted by atomic mass is 10.1. The standard InChI is InChI=1S/C9H8BrN/c10-11-6-5-8-3-1-2-4-9(8)7-11/h1-6H,7H2. The fourth-order valence-corrected chi connectivity index (χ4v) is 1.61. The summed E-state index contributed by atoms with van der Waals surface area (Å²) < 4.78 is 2.00. The van der Waals surface area contributed by atoms with Crippen LogP contribution in [0.3, 0.4) is 0 Å². The molecule has 1 aromatic carbocycles. The van der Waals surface area contributed by atoms with Crippen LogP contribution in [0.5, 0.6) is 0 Å². The molecule has 0 amide bonds. The summed E-state index contributed by atoms with van der Waals surface area (Å²) >= 11 is 3.40.